The van der Waals surface area contributed by atoms with Gasteiger partial charge in [-0.05, 0) is 40.9 Å². The first kappa shape index (κ1) is 13.9. The van der Waals surface area contributed by atoms with Crippen LogP contribution in [0.4, 0.5) is 8.78 Å². The van der Waals surface area contributed by atoms with Gasteiger partial charge >= 0.3 is 7.12 Å². The van der Waals surface area contributed by atoms with E-state index in [1.54, 1.807) is 6.07 Å². The monoisotopic (exact) mass is 288 g/mol. The Morgan fingerprint density at radius 3 is 2.86 bits per heavy atom. The zero-order chi connectivity index (χ0) is 15.0. The summed E-state index contributed by atoms with van der Waals surface area (Å²) in [6, 6.07) is 8.12. The topological polar surface area (TPSA) is 46.5 Å². The molecule has 0 radical (unpaired) electrons. The van der Waals surface area contributed by atoms with Crippen LogP contribution < -0.4 is 5.46 Å². The van der Waals surface area contributed by atoms with Gasteiger partial charge < -0.3 is 9.68 Å². The molecule has 1 heterocycles. The fourth-order valence-electron chi connectivity index (χ4n) is 2.39. The largest absolute Gasteiger partial charge is 0.491 e. The van der Waals surface area contributed by atoms with Gasteiger partial charge in [0, 0.05) is 6.42 Å². The number of carbonyl (C=O) groups excluding carboxylic acids is 1. The third-order valence-electron chi connectivity index (χ3n) is 3.45. The first-order chi connectivity index (χ1) is 10.0. The fraction of sp³-hybridized carbons (Fsp3) is 0.133. The molecule has 2 aromatic rings. The molecule has 6 heteroatoms. The highest BCUT2D eigenvalue weighted by Crippen LogP contribution is 2.17. The molecule has 0 fully saturated rings. The molecule has 2 aromatic carbocycles. The first-order valence-electron chi connectivity index (χ1n) is 6.44. The summed E-state index contributed by atoms with van der Waals surface area (Å²) in [5.74, 6) is -1.58. The van der Waals surface area contributed by atoms with Crippen LogP contribution in [0.5, 0.6) is 0 Å². The second-order valence-corrected chi connectivity index (χ2v) is 4.92. The molecule has 0 saturated carbocycles. The van der Waals surface area contributed by atoms with Crippen LogP contribution in [0.1, 0.15) is 21.5 Å². The number of rotatable bonds is 3. The summed E-state index contributed by atoms with van der Waals surface area (Å²) in [6.07, 6.45) is -0.107. The highest BCUT2D eigenvalue weighted by molar-refractivity contribution is 6.61. The minimum Gasteiger partial charge on any atom is -0.423 e. The standard InChI is InChI=1S/C15H11BF2O3/c17-11-3-1-2-9(4-11)5-15(19)12-7-13-10(6-14(12)18)8-21-16(13)20/h1-4,6-7,20H,5,8H2. The average molecular weight is 288 g/mol. The lowest BCUT2D eigenvalue weighted by molar-refractivity contribution is 0.0989. The molecule has 0 bridgehead atoms. The van der Waals surface area contributed by atoms with Crippen molar-refractivity contribution in [1.29, 1.82) is 0 Å². The van der Waals surface area contributed by atoms with Gasteiger partial charge in [0.2, 0.25) is 0 Å². The zero-order valence-electron chi connectivity index (χ0n) is 11.0. The Morgan fingerprint density at radius 2 is 2.10 bits per heavy atom. The van der Waals surface area contributed by atoms with E-state index in [1.807, 2.05) is 0 Å². The van der Waals surface area contributed by atoms with Gasteiger partial charge in [0.1, 0.15) is 11.6 Å². The van der Waals surface area contributed by atoms with Crippen LogP contribution in [0.15, 0.2) is 36.4 Å². The van der Waals surface area contributed by atoms with Crippen molar-refractivity contribution in [2.24, 2.45) is 0 Å². The van der Waals surface area contributed by atoms with Crippen molar-refractivity contribution in [3.8, 4) is 0 Å². The van der Waals surface area contributed by atoms with Gasteiger partial charge in [-0.25, -0.2) is 8.78 Å². The highest BCUT2D eigenvalue weighted by atomic mass is 19.1. The van der Waals surface area contributed by atoms with Gasteiger partial charge in [-0.1, -0.05) is 12.1 Å². The van der Waals surface area contributed by atoms with Gasteiger partial charge in [-0.2, -0.15) is 0 Å². The number of carbonyl (C=O) groups is 1. The molecule has 0 saturated heterocycles. The molecule has 3 nitrogen and oxygen atoms in total. The lowest BCUT2D eigenvalue weighted by Crippen LogP contribution is -2.29. The summed E-state index contributed by atoms with van der Waals surface area (Å²) >= 11 is 0. The molecular weight excluding hydrogens is 277 g/mol. The second kappa shape index (κ2) is 5.39. The summed E-state index contributed by atoms with van der Waals surface area (Å²) in [7, 11) is -1.14. The zero-order valence-corrected chi connectivity index (χ0v) is 11.0. The number of halogens is 2. The summed E-state index contributed by atoms with van der Waals surface area (Å²) in [4.78, 5) is 12.2. The van der Waals surface area contributed by atoms with E-state index in [9.17, 15) is 18.6 Å². The van der Waals surface area contributed by atoms with Crippen LogP contribution >= 0.6 is 0 Å². The van der Waals surface area contributed by atoms with Crippen LogP contribution in [0, 0.1) is 11.6 Å². The van der Waals surface area contributed by atoms with E-state index in [0.29, 0.717) is 16.6 Å². The SMILES string of the molecule is O=C(Cc1cccc(F)c1)c1cc2c(cc1F)COB2O. The summed E-state index contributed by atoms with van der Waals surface area (Å²) in [6.45, 7) is 0.117. The smallest absolute Gasteiger partial charge is 0.423 e. The van der Waals surface area contributed by atoms with E-state index in [2.05, 4.69) is 0 Å². The van der Waals surface area contributed by atoms with E-state index in [0.717, 1.165) is 0 Å². The number of hydrogen-bond acceptors (Lipinski definition) is 3. The normalized spacial score (nSPS) is 13.4. The number of benzene rings is 2. The quantitative estimate of drug-likeness (QED) is 0.689. The van der Waals surface area contributed by atoms with Crippen molar-refractivity contribution in [3.05, 3.63) is 64.7 Å². The van der Waals surface area contributed by atoms with E-state index in [1.165, 1.54) is 30.3 Å². The maximum atomic E-state index is 14.0. The molecule has 0 aliphatic carbocycles. The van der Waals surface area contributed by atoms with Gasteiger partial charge in [-0.3, -0.25) is 4.79 Å². The third-order valence-corrected chi connectivity index (χ3v) is 3.45. The van der Waals surface area contributed by atoms with E-state index in [-0.39, 0.29) is 18.6 Å². The Labute approximate surface area is 120 Å². The average Bonchev–Trinajstić information content (AvgIpc) is 2.78. The maximum Gasteiger partial charge on any atom is 0.491 e. The molecule has 0 amide bonds. The van der Waals surface area contributed by atoms with Crippen molar-refractivity contribution in [2.45, 2.75) is 13.0 Å². The third kappa shape index (κ3) is 2.72. The van der Waals surface area contributed by atoms with Gasteiger partial charge in [-0.15, -0.1) is 0 Å². The predicted molar refractivity (Wildman–Crippen MR) is 73.2 cm³/mol. The van der Waals surface area contributed by atoms with E-state index >= 15 is 0 Å². The first-order valence-corrected chi connectivity index (χ1v) is 6.44. The number of hydrogen-bond donors (Lipinski definition) is 1. The molecule has 1 aliphatic rings. The van der Waals surface area contributed by atoms with E-state index in [4.69, 9.17) is 4.65 Å². The molecule has 3 rings (SSSR count). The van der Waals surface area contributed by atoms with Gasteiger partial charge in [0.25, 0.3) is 0 Å². The van der Waals surface area contributed by atoms with Gasteiger partial charge in [0.05, 0.1) is 12.2 Å². The Bertz CT molecular complexity index is 718. The Kier molecular flexibility index (Phi) is 3.57. The lowest BCUT2D eigenvalue weighted by Gasteiger charge is -2.06. The minimum atomic E-state index is -1.14. The lowest BCUT2D eigenvalue weighted by atomic mass is 9.78. The fourth-order valence-corrected chi connectivity index (χ4v) is 2.39. The summed E-state index contributed by atoms with van der Waals surface area (Å²) in [5, 5.41) is 9.60. The van der Waals surface area contributed by atoms with Crippen LogP contribution in [0.3, 0.4) is 0 Å². The molecule has 0 aromatic heterocycles. The van der Waals surface area contributed by atoms with Gasteiger partial charge in [0.15, 0.2) is 5.78 Å². The maximum absolute atomic E-state index is 14.0. The van der Waals surface area contributed by atoms with Crippen molar-refractivity contribution >= 4 is 18.4 Å². The second-order valence-electron chi connectivity index (χ2n) is 4.92. The molecule has 0 spiro atoms. The van der Waals surface area contributed by atoms with Crippen molar-refractivity contribution < 1.29 is 23.3 Å². The predicted octanol–water partition coefficient (Wildman–Crippen LogP) is 1.61. The molecule has 0 atom stereocenters. The number of Topliss-reactive ketones (excluding diaryl/α,β-unsaturated/α-hetero) is 1. The van der Waals surface area contributed by atoms with Crippen LogP contribution in [0.25, 0.3) is 0 Å². The number of ketones is 1. The number of fused-ring (bicyclic) bond motifs is 1. The highest BCUT2D eigenvalue weighted by Gasteiger charge is 2.29. The Balaban J connectivity index is 1.90. The van der Waals surface area contributed by atoms with Crippen LogP contribution in [-0.2, 0) is 17.7 Å². The van der Waals surface area contributed by atoms with Crippen LogP contribution in [-0.4, -0.2) is 17.9 Å². The van der Waals surface area contributed by atoms with E-state index < -0.39 is 24.5 Å². The molecule has 21 heavy (non-hydrogen) atoms. The molecule has 0 unspecified atom stereocenters. The Hall–Kier alpha value is -2.05. The summed E-state index contributed by atoms with van der Waals surface area (Å²) in [5.41, 5.74) is 1.28. The minimum absolute atomic E-state index is 0.107. The molecule has 1 aliphatic heterocycles. The molecule has 106 valence electrons. The van der Waals surface area contributed by atoms with Crippen molar-refractivity contribution in [1.82, 2.24) is 0 Å². The van der Waals surface area contributed by atoms with Crippen molar-refractivity contribution in [2.75, 3.05) is 0 Å². The van der Waals surface area contributed by atoms with Crippen molar-refractivity contribution in [3.63, 3.8) is 0 Å². The molecular formula is C15H11BF2O3. The molecule has 1 N–H and O–H groups in total. The van der Waals surface area contributed by atoms with Crippen LogP contribution in [0.2, 0.25) is 0 Å². The Morgan fingerprint density at radius 1 is 1.29 bits per heavy atom. The summed E-state index contributed by atoms with van der Waals surface area (Å²) < 4.78 is 32.0.